The first kappa shape index (κ1) is 13.0. The van der Waals surface area contributed by atoms with Gasteiger partial charge in [-0.2, -0.15) is 0 Å². The van der Waals surface area contributed by atoms with Crippen LogP contribution in [-0.4, -0.2) is 47.3 Å². The second-order valence-corrected chi connectivity index (χ2v) is 4.23. The summed E-state index contributed by atoms with van der Waals surface area (Å²) in [5.41, 5.74) is 6.53. The van der Waals surface area contributed by atoms with Crippen LogP contribution in [0.25, 0.3) is 0 Å². The number of nitrogens with two attached hydrogens (primary N) is 1. The molecule has 1 unspecified atom stereocenters. The van der Waals surface area contributed by atoms with Crippen LogP contribution >= 0.6 is 0 Å². The average molecular weight is 254 g/mol. The minimum Gasteiger partial charge on any atom is -0.464 e. The Labute approximate surface area is 105 Å². The standard InChI is InChI=1S/C11H18N4O3/c1-17-11(16)10-9(4-5-12)15(14-13-10)7-8-3-2-6-18-8/h8H,2-7,12H2,1H3. The molecule has 0 aromatic carbocycles. The van der Waals surface area contributed by atoms with Gasteiger partial charge in [-0.3, -0.25) is 0 Å². The summed E-state index contributed by atoms with van der Waals surface area (Å²) >= 11 is 0. The Morgan fingerprint density at radius 2 is 2.50 bits per heavy atom. The Hall–Kier alpha value is -1.47. The molecular formula is C11H18N4O3. The Balaban J connectivity index is 2.17. The SMILES string of the molecule is COC(=O)c1nnn(CC2CCCO2)c1CCN. The molecule has 2 N–H and O–H groups in total. The van der Waals surface area contributed by atoms with Crippen molar-refractivity contribution in [1.29, 1.82) is 0 Å². The highest BCUT2D eigenvalue weighted by Gasteiger charge is 2.23. The summed E-state index contributed by atoms with van der Waals surface area (Å²) in [6, 6.07) is 0. The molecule has 1 atom stereocenters. The first-order valence-corrected chi connectivity index (χ1v) is 6.08. The van der Waals surface area contributed by atoms with E-state index in [0.29, 0.717) is 19.5 Å². The molecule has 1 saturated heterocycles. The van der Waals surface area contributed by atoms with E-state index in [-0.39, 0.29) is 11.8 Å². The molecule has 0 amide bonds. The van der Waals surface area contributed by atoms with Crippen LogP contribution in [0.4, 0.5) is 0 Å². The number of hydrogen-bond acceptors (Lipinski definition) is 6. The lowest BCUT2D eigenvalue weighted by molar-refractivity contribution is 0.0592. The molecule has 1 aromatic rings. The fourth-order valence-corrected chi connectivity index (χ4v) is 2.10. The molecule has 7 heteroatoms. The summed E-state index contributed by atoms with van der Waals surface area (Å²) < 4.78 is 11.9. The quantitative estimate of drug-likeness (QED) is 0.728. The lowest BCUT2D eigenvalue weighted by Crippen LogP contribution is -2.20. The van der Waals surface area contributed by atoms with Crippen molar-refractivity contribution in [1.82, 2.24) is 15.0 Å². The Morgan fingerprint density at radius 3 is 3.11 bits per heavy atom. The van der Waals surface area contributed by atoms with E-state index in [1.807, 2.05) is 0 Å². The fraction of sp³-hybridized carbons (Fsp3) is 0.727. The van der Waals surface area contributed by atoms with E-state index in [9.17, 15) is 4.79 Å². The zero-order chi connectivity index (χ0) is 13.0. The van der Waals surface area contributed by atoms with Gasteiger partial charge in [0.15, 0.2) is 5.69 Å². The van der Waals surface area contributed by atoms with Gasteiger partial charge >= 0.3 is 5.97 Å². The fourth-order valence-electron chi connectivity index (χ4n) is 2.10. The van der Waals surface area contributed by atoms with Crippen molar-refractivity contribution in [2.24, 2.45) is 5.73 Å². The molecule has 0 saturated carbocycles. The highest BCUT2D eigenvalue weighted by atomic mass is 16.5. The van der Waals surface area contributed by atoms with Crippen LogP contribution in [-0.2, 0) is 22.4 Å². The first-order valence-electron chi connectivity index (χ1n) is 6.08. The van der Waals surface area contributed by atoms with E-state index >= 15 is 0 Å². The summed E-state index contributed by atoms with van der Waals surface area (Å²) in [4.78, 5) is 11.5. The third-order valence-corrected chi connectivity index (χ3v) is 3.00. The number of methoxy groups -OCH3 is 1. The third kappa shape index (κ3) is 2.68. The number of esters is 1. The number of rotatable bonds is 5. The van der Waals surface area contributed by atoms with Crippen LogP contribution in [0.15, 0.2) is 0 Å². The van der Waals surface area contributed by atoms with Crippen molar-refractivity contribution in [2.45, 2.75) is 31.9 Å². The van der Waals surface area contributed by atoms with Crippen molar-refractivity contribution in [3.05, 3.63) is 11.4 Å². The molecule has 1 aliphatic heterocycles. The van der Waals surface area contributed by atoms with Crippen molar-refractivity contribution < 1.29 is 14.3 Å². The maximum Gasteiger partial charge on any atom is 0.360 e. The Kier molecular flexibility index (Phi) is 4.27. The molecule has 18 heavy (non-hydrogen) atoms. The molecule has 100 valence electrons. The van der Waals surface area contributed by atoms with Gasteiger partial charge in [0.05, 0.1) is 25.5 Å². The summed E-state index contributed by atoms with van der Waals surface area (Å²) in [5, 5.41) is 7.87. The monoisotopic (exact) mass is 254 g/mol. The minimum atomic E-state index is -0.475. The number of carbonyl (C=O) groups is 1. The van der Waals surface area contributed by atoms with Crippen molar-refractivity contribution in [3.8, 4) is 0 Å². The van der Waals surface area contributed by atoms with Crippen molar-refractivity contribution in [2.75, 3.05) is 20.3 Å². The van der Waals surface area contributed by atoms with Crippen molar-refractivity contribution in [3.63, 3.8) is 0 Å². The highest BCUT2D eigenvalue weighted by molar-refractivity contribution is 5.88. The largest absolute Gasteiger partial charge is 0.464 e. The van der Waals surface area contributed by atoms with Crippen LogP contribution in [0.1, 0.15) is 29.0 Å². The second-order valence-electron chi connectivity index (χ2n) is 4.23. The van der Waals surface area contributed by atoms with Gasteiger partial charge in [0.1, 0.15) is 0 Å². The Bertz CT molecular complexity index is 412. The lowest BCUT2D eigenvalue weighted by Gasteiger charge is -2.11. The number of aromatic nitrogens is 3. The van der Waals surface area contributed by atoms with E-state index in [1.165, 1.54) is 7.11 Å². The van der Waals surface area contributed by atoms with Gasteiger partial charge in [-0.05, 0) is 19.4 Å². The summed E-state index contributed by atoms with van der Waals surface area (Å²) in [5.74, 6) is -0.475. The van der Waals surface area contributed by atoms with Crippen LogP contribution in [0, 0.1) is 0 Å². The molecule has 1 fully saturated rings. The van der Waals surface area contributed by atoms with Gasteiger partial charge in [0, 0.05) is 13.0 Å². The summed E-state index contributed by atoms with van der Waals surface area (Å²) in [6.07, 6.45) is 2.77. The van der Waals surface area contributed by atoms with E-state index in [4.69, 9.17) is 10.5 Å². The van der Waals surface area contributed by atoms with Gasteiger partial charge in [-0.25, -0.2) is 9.48 Å². The summed E-state index contributed by atoms with van der Waals surface area (Å²) in [7, 11) is 1.33. The zero-order valence-corrected chi connectivity index (χ0v) is 10.5. The van der Waals surface area contributed by atoms with Gasteiger partial charge in [0.25, 0.3) is 0 Å². The van der Waals surface area contributed by atoms with E-state index < -0.39 is 5.97 Å². The molecule has 2 rings (SSSR count). The molecular weight excluding hydrogens is 236 g/mol. The third-order valence-electron chi connectivity index (χ3n) is 3.00. The predicted molar refractivity (Wildman–Crippen MR) is 63.1 cm³/mol. The topological polar surface area (TPSA) is 92.3 Å². The molecule has 0 aliphatic carbocycles. The highest BCUT2D eigenvalue weighted by Crippen LogP contribution is 2.16. The van der Waals surface area contributed by atoms with Crippen LogP contribution in [0.3, 0.4) is 0 Å². The van der Waals surface area contributed by atoms with Crippen molar-refractivity contribution >= 4 is 5.97 Å². The van der Waals surface area contributed by atoms with Gasteiger partial charge < -0.3 is 15.2 Å². The molecule has 2 heterocycles. The number of nitrogens with zero attached hydrogens (tertiary/aromatic N) is 3. The molecule has 7 nitrogen and oxygen atoms in total. The smallest absolute Gasteiger partial charge is 0.360 e. The van der Waals surface area contributed by atoms with Gasteiger partial charge in [0.2, 0.25) is 0 Å². The van der Waals surface area contributed by atoms with Crippen LogP contribution in [0.2, 0.25) is 0 Å². The number of ether oxygens (including phenoxy) is 2. The molecule has 0 spiro atoms. The molecule has 1 aromatic heterocycles. The minimum absolute atomic E-state index is 0.147. The average Bonchev–Trinajstić information content (AvgIpc) is 3.01. The van der Waals surface area contributed by atoms with E-state index in [0.717, 1.165) is 25.1 Å². The Morgan fingerprint density at radius 1 is 1.67 bits per heavy atom. The van der Waals surface area contributed by atoms with Gasteiger partial charge in [-0.15, -0.1) is 5.10 Å². The lowest BCUT2D eigenvalue weighted by atomic mass is 10.2. The number of hydrogen-bond donors (Lipinski definition) is 1. The molecule has 0 radical (unpaired) electrons. The molecule has 1 aliphatic rings. The molecule has 0 bridgehead atoms. The first-order chi connectivity index (χ1) is 8.76. The second kappa shape index (κ2) is 5.92. The maximum absolute atomic E-state index is 11.5. The number of carbonyl (C=O) groups excluding carboxylic acids is 1. The van der Waals surface area contributed by atoms with Crippen LogP contribution in [0.5, 0.6) is 0 Å². The van der Waals surface area contributed by atoms with E-state index in [1.54, 1.807) is 4.68 Å². The van der Waals surface area contributed by atoms with Crippen LogP contribution < -0.4 is 5.73 Å². The van der Waals surface area contributed by atoms with E-state index in [2.05, 4.69) is 15.0 Å². The zero-order valence-electron chi connectivity index (χ0n) is 10.5. The normalized spacial score (nSPS) is 19.1. The predicted octanol–water partition coefficient (Wildman–Crippen LogP) is -0.255. The summed E-state index contributed by atoms with van der Waals surface area (Å²) in [6.45, 7) is 1.83. The van der Waals surface area contributed by atoms with Gasteiger partial charge in [-0.1, -0.05) is 5.21 Å². The maximum atomic E-state index is 11.5.